The Morgan fingerprint density at radius 1 is 1.82 bits per heavy atom. The largest absolute Gasteiger partial charge is 0.324 e. The van der Waals surface area contributed by atoms with Crippen molar-refractivity contribution in [3.63, 3.8) is 0 Å². The van der Waals surface area contributed by atoms with Gasteiger partial charge in [0, 0.05) is 12.5 Å². The summed E-state index contributed by atoms with van der Waals surface area (Å²) in [5.41, 5.74) is 6.75. The first-order valence-electron chi connectivity index (χ1n) is 3.58. The van der Waals surface area contributed by atoms with Crippen LogP contribution in [0.1, 0.15) is 12.8 Å². The zero-order valence-electron chi connectivity index (χ0n) is 6.97. The van der Waals surface area contributed by atoms with Crippen LogP contribution in [0, 0.1) is 12.3 Å². The van der Waals surface area contributed by atoms with E-state index in [1.165, 1.54) is 0 Å². The lowest BCUT2D eigenvalue weighted by Crippen LogP contribution is -2.22. The van der Waals surface area contributed by atoms with Crippen molar-refractivity contribution >= 4 is 11.8 Å². The van der Waals surface area contributed by atoms with Gasteiger partial charge in [-0.25, -0.2) is 0 Å². The number of hydrogen-bond donors (Lipinski definition) is 1. The standard InChI is InChI=1S/C9H15NS/c1-4-5-8(2)9(10)6-7-11-3/h1,9H,2,5-7,10H2,3H3/t9-/m0/s1. The van der Waals surface area contributed by atoms with Gasteiger partial charge >= 0.3 is 0 Å². The van der Waals surface area contributed by atoms with E-state index in [0.29, 0.717) is 6.42 Å². The van der Waals surface area contributed by atoms with Gasteiger partial charge in [-0.1, -0.05) is 6.58 Å². The van der Waals surface area contributed by atoms with Gasteiger partial charge in [0.15, 0.2) is 0 Å². The van der Waals surface area contributed by atoms with E-state index in [9.17, 15) is 0 Å². The normalized spacial score (nSPS) is 12.1. The molecule has 0 saturated carbocycles. The Balaban J connectivity index is 3.57. The Morgan fingerprint density at radius 2 is 2.45 bits per heavy atom. The Bertz CT molecular complexity index is 157. The smallest absolute Gasteiger partial charge is 0.0309 e. The van der Waals surface area contributed by atoms with Crippen LogP contribution in [0.5, 0.6) is 0 Å². The third-order valence-electron chi connectivity index (χ3n) is 1.49. The Morgan fingerprint density at radius 3 is 2.91 bits per heavy atom. The molecule has 0 saturated heterocycles. The Hall–Kier alpha value is -0.390. The molecule has 0 aromatic heterocycles. The van der Waals surface area contributed by atoms with Gasteiger partial charge in [-0.05, 0) is 24.0 Å². The summed E-state index contributed by atoms with van der Waals surface area (Å²) in [7, 11) is 0. The van der Waals surface area contributed by atoms with Crippen molar-refractivity contribution < 1.29 is 0 Å². The first-order chi connectivity index (χ1) is 5.22. The molecule has 0 heterocycles. The zero-order chi connectivity index (χ0) is 8.69. The molecule has 2 N–H and O–H groups in total. The summed E-state index contributed by atoms with van der Waals surface area (Å²) < 4.78 is 0. The molecule has 62 valence electrons. The lowest BCUT2D eigenvalue weighted by atomic mass is 10.1. The molecule has 0 aliphatic heterocycles. The average Bonchev–Trinajstić information content (AvgIpc) is 2.00. The van der Waals surface area contributed by atoms with Crippen LogP contribution >= 0.6 is 11.8 Å². The average molecular weight is 169 g/mol. The molecule has 0 amide bonds. The van der Waals surface area contributed by atoms with Crippen molar-refractivity contribution in [1.82, 2.24) is 0 Å². The van der Waals surface area contributed by atoms with E-state index >= 15 is 0 Å². The summed E-state index contributed by atoms with van der Waals surface area (Å²) >= 11 is 1.79. The maximum Gasteiger partial charge on any atom is 0.0309 e. The fourth-order valence-electron chi connectivity index (χ4n) is 0.711. The minimum Gasteiger partial charge on any atom is -0.324 e. The summed E-state index contributed by atoms with van der Waals surface area (Å²) in [6.07, 6.45) is 8.77. The number of thioether (sulfide) groups is 1. The SMILES string of the molecule is C#CCC(=C)[C@@H](N)CCSC. The van der Waals surface area contributed by atoms with Crippen LogP contribution < -0.4 is 5.73 Å². The van der Waals surface area contributed by atoms with E-state index in [1.807, 2.05) is 0 Å². The van der Waals surface area contributed by atoms with Gasteiger partial charge in [-0.3, -0.25) is 0 Å². The van der Waals surface area contributed by atoms with E-state index in [-0.39, 0.29) is 6.04 Å². The van der Waals surface area contributed by atoms with Crippen LogP contribution in [0.25, 0.3) is 0 Å². The van der Waals surface area contributed by atoms with Crippen molar-refractivity contribution in [3.8, 4) is 12.3 Å². The number of nitrogens with two attached hydrogens (primary N) is 1. The van der Waals surface area contributed by atoms with Crippen LogP contribution in [-0.2, 0) is 0 Å². The highest BCUT2D eigenvalue weighted by Gasteiger charge is 2.04. The van der Waals surface area contributed by atoms with Crippen LogP contribution in [0.4, 0.5) is 0 Å². The molecule has 0 aromatic rings. The predicted molar refractivity (Wildman–Crippen MR) is 53.6 cm³/mol. The molecule has 0 spiro atoms. The molecule has 0 unspecified atom stereocenters. The summed E-state index contributed by atoms with van der Waals surface area (Å²) in [5, 5.41) is 0. The highest BCUT2D eigenvalue weighted by Crippen LogP contribution is 2.08. The molecule has 1 nitrogen and oxygen atoms in total. The van der Waals surface area contributed by atoms with Crippen molar-refractivity contribution in [2.75, 3.05) is 12.0 Å². The molecule has 11 heavy (non-hydrogen) atoms. The predicted octanol–water partition coefficient (Wildman–Crippen LogP) is 1.65. The lowest BCUT2D eigenvalue weighted by Gasteiger charge is -2.11. The molecule has 2 heteroatoms. The summed E-state index contributed by atoms with van der Waals surface area (Å²) in [6, 6.07) is 0.0819. The maximum atomic E-state index is 5.78. The maximum absolute atomic E-state index is 5.78. The highest BCUT2D eigenvalue weighted by atomic mass is 32.2. The van der Waals surface area contributed by atoms with Gasteiger partial charge in [-0.2, -0.15) is 11.8 Å². The monoisotopic (exact) mass is 169 g/mol. The minimum absolute atomic E-state index is 0.0819. The van der Waals surface area contributed by atoms with Gasteiger partial charge in [-0.15, -0.1) is 12.3 Å². The van der Waals surface area contributed by atoms with E-state index in [0.717, 1.165) is 17.7 Å². The van der Waals surface area contributed by atoms with Crippen molar-refractivity contribution in [2.24, 2.45) is 5.73 Å². The third-order valence-corrected chi connectivity index (χ3v) is 2.13. The summed E-state index contributed by atoms with van der Waals surface area (Å²) in [4.78, 5) is 0. The van der Waals surface area contributed by atoms with Crippen LogP contribution in [0.15, 0.2) is 12.2 Å². The molecule has 0 rings (SSSR count). The number of rotatable bonds is 5. The van der Waals surface area contributed by atoms with Gasteiger partial charge in [0.2, 0.25) is 0 Å². The van der Waals surface area contributed by atoms with Crippen molar-refractivity contribution in [3.05, 3.63) is 12.2 Å². The molecule has 0 bridgehead atoms. The molecule has 0 aliphatic carbocycles. The second kappa shape index (κ2) is 6.33. The topological polar surface area (TPSA) is 26.0 Å². The molecular formula is C9H15NS. The van der Waals surface area contributed by atoms with Gasteiger partial charge in [0.1, 0.15) is 0 Å². The number of hydrogen-bond acceptors (Lipinski definition) is 2. The minimum atomic E-state index is 0.0819. The second-order valence-corrected chi connectivity index (χ2v) is 3.41. The highest BCUT2D eigenvalue weighted by molar-refractivity contribution is 7.98. The molecule has 0 aliphatic rings. The Kier molecular flexibility index (Phi) is 6.10. The third kappa shape index (κ3) is 4.94. The molecule has 1 atom stereocenters. The van der Waals surface area contributed by atoms with Crippen LogP contribution in [-0.4, -0.2) is 18.1 Å². The molecular weight excluding hydrogens is 154 g/mol. The Labute approximate surface area is 73.4 Å². The van der Waals surface area contributed by atoms with E-state index in [4.69, 9.17) is 12.2 Å². The van der Waals surface area contributed by atoms with Gasteiger partial charge in [0.05, 0.1) is 0 Å². The van der Waals surface area contributed by atoms with Gasteiger partial charge < -0.3 is 5.73 Å². The number of terminal acetylenes is 1. The zero-order valence-corrected chi connectivity index (χ0v) is 7.79. The lowest BCUT2D eigenvalue weighted by molar-refractivity contribution is 0.737. The van der Waals surface area contributed by atoms with E-state index in [1.54, 1.807) is 11.8 Å². The first-order valence-corrected chi connectivity index (χ1v) is 4.97. The molecule has 0 radical (unpaired) electrons. The first kappa shape index (κ1) is 10.6. The fraction of sp³-hybridized carbons (Fsp3) is 0.556. The summed E-state index contributed by atoms with van der Waals surface area (Å²) in [6.45, 7) is 3.82. The van der Waals surface area contributed by atoms with Crippen LogP contribution in [0.3, 0.4) is 0 Å². The quantitative estimate of drug-likeness (QED) is 0.500. The van der Waals surface area contributed by atoms with Crippen molar-refractivity contribution in [1.29, 1.82) is 0 Å². The molecule has 0 aromatic carbocycles. The second-order valence-electron chi connectivity index (χ2n) is 2.43. The van der Waals surface area contributed by atoms with Crippen molar-refractivity contribution in [2.45, 2.75) is 18.9 Å². The van der Waals surface area contributed by atoms with Gasteiger partial charge in [0.25, 0.3) is 0 Å². The van der Waals surface area contributed by atoms with Crippen LogP contribution in [0.2, 0.25) is 0 Å². The van der Waals surface area contributed by atoms with E-state index < -0.39 is 0 Å². The van der Waals surface area contributed by atoms with E-state index in [2.05, 4.69) is 18.8 Å². The fourth-order valence-corrected chi connectivity index (χ4v) is 1.20. The molecule has 0 fully saturated rings. The summed E-state index contributed by atoms with van der Waals surface area (Å²) in [5.74, 6) is 3.61.